The van der Waals surface area contributed by atoms with Crippen molar-refractivity contribution in [2.24, 2.45) is 0 Å². The number of alkyl halides is 1. The summed E-state index contributed by atoms with van der Waals surface area (Å²) in [6.07, 6.45) is -4.57. The molecule has 2 rings (SSSR count). The van der Waals surface area contributed by atoms with Crippen LogP contribution in [0.4, 0.5) is 4.39 Å². The number of hydrogen-bond donors (Lipinski definition) is 2. The number of nitrogens with zero attached hydrogens (tertiary/aromatic N) is 1. The van der Waals surface area contributed by atoms with Gasteiger partial charge in [0.2, 0.25) is 0 Å². The van der Waals surface area contributed by atoms with Gasteiger partial charge in [-0.2, -0.15) is 0 Å². The van der Waals surface area contributed by atoms with Gasteiger partial charge in [0, 0.05) is 19.2 Å². The summed E-state index contributed by atoms with van der Waals surface area (Å²) in [6.45, 7) is 0.521. The fourth-order valence-electron chi connectivity index (χ4n) is 2.03. The SMILES string of the molecule is CC(=O)O[C@H]1[C@@H](F)[C@H](n2ccc(=O)[nH]c2=O)O[C@@H]1CO. The van der Waals surface area contributed by atoms with Crippen molar-refractivity contribution >= 4 is 5.97 Å². The van der Waals surface area contributed by atoms with Crippen molar-refractivity contribution in [3.8, 4) is 0 Å². The second-order valence-electron chi connectivity index (χ2n) is 4.28. The Balaban J connectivity index is 2.32. The highest BCUT2D eigenvalue weighted by atomic mass is 19.1. The molecule has 0 radical (unpaired) electrons. The molecule has 20 heavy (non-hydrogen) atoms. The zero-order chi connectivity index (χ0) is 14.9. The quantitative estimate of drug-likeness (QED) is 0.669. The van der Waals surface area contributed by atoms with Crippen molar-refractivity contribution in [2.45, 2.75) is 31.5 Å². The minimum atomic E-state index is -1.85. The van der Waals surface area contributed by atoms with Crippen molar-refractivity contribution in [3.05, 3.63) is 33.1 Å². The van der Waals surface area contributed by atoms with E-state index in [4.69, 9.17) is 14.6 Å². The molecule has 1 saturated heterocycles. The first-order valence-corrected chi connectivity index (χ1v) is 5.83. The average Bonchev–Trinajstić information content (AvgIpc) is 2.67. The van der Waals surface area contributed by atoms with E-state index < -0.39 is 48.4 Å². The molecule has 1 aliphatic heterocycles. The lowest BCUT2D eigenvalue weighted by molar-refractivity contribution is -0.152. The topological polar surface area (TPSA) is 111 Å². The van der Waals surface area contributed by atoms with Gasteiger partial charge in [0.05, 0.1) is 6.61 Å². The van der Waals surface area contributed by atoms with Crippen molar-refractivity contribution in [1.82, 2.24) is 9.55 Å². The van der Waals surface area contributed by atoms with Crippen molar-refractivity contribution in [2.75, 3.05) is 6.61 Å². The number of nitrogens with one attached hydrogen (secondary N) is 1. The Hall–Kier alpha value is -2.00. The van der Waals surface area contributed by atoms with Gasteiger partial charge in [-0.1, -0.05) is 0 Å². The first-order chi connectivity index (χ1) is 9.43. The van der Waals surface area contributed by atoms with Gasteiger partial charge in [0.1, 0.15) is 6.10 Å². The maximum Gasteiger partial charge on any atom is 0.330 e. The van der Waals surface area contributed by atoms with E-state index in [2.05, 4.69) is 0 Å². The van der Waals surface area contributed by atoms with E-state index in [1.54, 1.807) is 0 Å². The number of ether oxygens (including phenoxy) is 2. The molecule has 1 fully saturated rings. The van der Waals surface area contributed by atoms with Crippen LogP contribution in [-0.2, 0) is 14.3 Å². The fourth-order valence-corrected chi connectivity index (χ4v) is 2.03. The lowest BCUT2D eigenvalue weighted by Gasteiger charge is -2.17. The molecule has 1 aromatic heterocycles. The number of halogens is 1. The number of carbonyl (C=O) groups is 1. The normalized spacial score (nSPS) is 29.4. The van der Waals surface area contributed by atoms with Crippen LogP contribution in [0.25, 0.3) is 0 Å². The maximum absolute atomic E-state index is 14.3. The van der Waals surface area contributed by atoms with Gasteiger partial charge < -0.3 is 14.6 Å². The van der Waals surface area contributed by atoms with E-state index in [0.717, 1.165) is 23.8 Å². The molecule has 1 aliphatic rings. The van der Waals surface area contributed by atoms with E-state index >= 15 is 0 Å². The standard InChI is InChI=1S/C11H13FN2O6/c1-5(16)19-9-6(4-15)20-10(8(9)12)14-3-2-7(17)13-11(14)18/h2-3,6,8-10,15H,4H2,1H3,(H,13,17,18)/t6-,8-,9-,10-/m1/s1. The number of carbonyl (C=O) groups excluding carboxylic acids is 1. The van der Waals surface area contributed by atoms with Crippen molar-refractivity contribution in [1.29, 1.82) is 0 Å². The molecule has 0 amide bonds. The third kappa shape index (κ3) is 2.63. The van der Waals surface area contributed by atoms with Gasteiger partial charge in [-0.05, 0) is 0 Å². The number of aromatic nitrogens is 2. The molecule has 0 unspecified atom stereocenters. The molecule has 0 saturated carbocycles. The third-order valence-electron chi connectivity index (χ3n) is 2.87. The lowest BCUT2D eigenvalue weighted by atomic mass is 10.1. The predicted molar refractivity (Wildman–Crippen MR) is 62.8 cm³/mol. The minimum Gasteiger partial charge on any atom is -0.456 e. The first kappa shape index (κ1) is 14.4. The highest BCUT2D eigenvalue weighted by Crippen LogP contribution is 2.32. The predicted octanol–water partition coefficient (Wildman–Crippen LogP) is -1.30. The number of aliphatic hydroxyl groups is 1. The summed E-state index contributed by atoms with van der Waals surface area (Å²) in [7, 11) is 0. The lowest BCUT2D eigenvalue weighted by Crippen LogP contribution is -2.37. The van der Waals surface area contributed by atoms with Crippen LogP contribution < -0.4 is 11.2 Å². The summed E-state index contributed by atoms with van der Waals surface area (Å²) >= 11 is 0. The molecule has 0 bridgehead atoms. The molecule has 2 heterocycles. The van der Waals surface area contributed by atoms with Gasteiger partial charge in [0.25, 0.3) is 5.56 Å². The van der Waals surface area contributed by atoms with E-state index in [0.29, 0.717) is 0 Å². The van der Waals surface area contributed by atoms with Crippen LogP contribution in [0.15, 0.2) is 21.9 Å². The molecule has 110 valence electrons. The van der Waals surface area contributed by atoms with E-state index in [9.17, 15) is 18.8 Å². The van der Waals surface area contributed by atoms with E-state index in [-0.39, 0.29) is 0 Å². The van der Waals surface area contributed by atoms with E-state index in [1.165, 1.54) is 0 Å². The fraction of sp³-hybridized carbons (Fsp3) is 0.545. The Morgan fingerprint density at radius 2 is 2.30 bits per heavy atom. The summed E-state index contributed by atoms with van der Waals surface area (Å²) in [6, 6.07) is 1.03. The summed E-state index contributed by atoms with van der Waals surface area (Å²) in [4.78, 5) is 35.4. The largest absolute Gasteiger partial charge is 0.456 e. The van der Waals surface area contributed by atoms with Gasteiger partial charge in [-0.25, -0.2) is 9.18 Å². The van der Waals surface area contributed by atoms with Crippen LogP contribution in [0.2, 0.25) is 0 Å². The van der Waals surface area contributed by atoms with Crippen LogP contribution in [0.5, 0.6) is 0 Å². The van der Waals surface area contributed by atoms with Gasteiger partial charge in [0.15, 0.2) is 18.5 Å². The van der Waals surface area contributed by atoms with Crippen molar-refractivity contribution in [3.63, 3.8) is 0 Å². The van der Waals surface area contributed by atoms with Crippen LogP contribution in [-0.4, -0.2) is 45.6 Å². The molecule has 0 aliphatic carbocycles. The summed E-state index contributed by atoms with van der Waals surface area (Å²) in [5, 5.41) is 9.12. The smallest absolute Gasteiger partial charge is 0.330 e. The Kier molecular flexibility index (Phi) is 4.00. The number of esters is 1. The Labute approximate surface area is 111 Å². The summed E-state index contributed by atoms with van der Waals surface area (Å²) < 4.78 is 25.0. The van der Waals surface area contributed by atoms with Crippen LogP contribution in [0.3, 0.4) is 0 Å². The third-order valence-corrected chi connectivity index (χ3v) is 2.87. The Morgan fingerprint density at radius 1 is 1.60 bits per heavy atom. The Bertz CT molecular complexity index is 611. The van der Waals surface area contributed by atoms with E-state index in [1.807, 2.05) is 4.98 Å². The molecule has 1 aromatic rings. The first-order valence-electron chi connectivity index (χ1n) is 5.83. The average molecular weight is 288 g/mol. The monoisotopic (exact) mass is 288 g/mol. The number of H-pyrrole nitrogens is 1. The molecule has 4 atom stereocenters. The molecular weight excluding hydrogens is 275 g/mol. The number of hydrogen-bond acceptors (Lipinski definition) is 6. The highest BCUT2D eigenvalue weighted by molar-refractivity contribution is 5.66. The van der Waals surface area contributed by atoms with Crippen LogP contribution in [0, 0.1) is 0 Å². The molecule has 9 heteroatoms. The number of aromatic amines is 1. The van der Waals surface area contributed by atoms with Crippen molar-refractivity contribution < 1.29 is 23.8 Å². The molecule has 8 nitrogen and oxygen atoms in total. The zero-order valence-corrected chi connectivity index (χ0v) is 10.5. The Morgan fingerprint density at radius 3 is 2.85 bits per heavy atom. The summed E-state index contributed by atoms with van der Waals surface area (Å²) in [5.41, 5.74) is -1.49. The molecule has 2 N–H and O–H groups in total. The number of aliphatic hydroxyl groups excluding tert-OH is 1. The van der Waals surface area contributed by atoms with Crippen LogP contribution in [0.1, 0.15) is 13.2 Å². The van der Waals surface area contributed by atoms with Gasteiger partial charge in [-0.15, -0.1) is 0 Å². The number of rotatable bonds is 3. The summed E-state index contributed by atoms with van der Waals surface area (Å²) in [5.74, 6) is -0.728. The maximum atomic E-state index is 14.3. The molecule has 0 spiro atoms. The second-order valence-corrected chi connectivity index (χ2v) is 4.28. The minimum absolute atomic E-state index is 0.576. The van der Waals surface area contributed by atoms with Gasteiger partial charge >= 0.3 is 11.7 Å². The second kappa shape index (κ2) is 5.55. The highest BCUT2D eigenvalue weighted by Gasteiger charge is 2.48. The molecular formula is C11H13FN2O6. The van der Waals surface area contributed by atoms with Crippen LogP contribution >= 0.6 is 0 Å². The molecule has 0 aromatic carbocycles. The zero-order valence-electron chi connectivity index (χ0n) is 10.5. The van der Waals surface area contributed by atoms with Gasteiger partial charge in [-0.3, -0.25) is 19.1 Å².